The quantitative estimate of drug-likeness (QED) is 0.721. The van der Waals surface area contributed by atoms with Gasteiger partial charge >= 0.3 is 0 Å². The molecule has 1 unspecified atom stereocenters. The first-order chi connectivity index (χ1) is 12.8. The van der Waals surface area contributed by atoms with E-state index in [4.69, 9.17) is 0 Å². The highest BCUT2D eigenvalue weighted by Crippen LogP contribution is 2.32. The van der Waals surface area contributed by atoms with Crippen molar-refractivity contribution < 1.29 is 12.8 Å². The summed E-state index contributed by atoms with van der Waals surface area (Å²) in [5.41, 5.74) is 3.90. The zero-order valence-electron chi connectivity index (χ0n) is 15.5. The predicted molar refractivity (Wildman–Crippen MR) is 105 cm³/mol. The minimum absolute atomic E-state index is 0.0792. The molecule has 6 heteroatoms. The fourth-order valence-electron chi connectivity index (χ4n) is 3.78. The summed E-state index contributed by atoms with van der Waals surface area (Å²) < 4.78 is 41.3. The van der Waals surface area contributed by atoms with Crippen molar-refractivity contribution in [2.24, 2.45) is 0 Å². The highest BCUT2D eigenvalue weighted by molar-refractivity contribution is 7.89. The Morgan fingerprint density at radius 2 is 1.89 bits per heavy atom. The predicted octanol–water partition coefficient (Wildman–Crippen LogP) is 4.49. The summed E-state index contributed by atoms with van der Waals surface area (Å²) in [6.45, 7) is 4.86. The van der Waals surface area contributed by atoms with Crippen LogP contribution < -0.4 is 0 Å². The van der Waals surface area contributed by atoms with Gasteiger partial charge in [0, 0.05) is 35.6 Å². The maximum atomic E-state index is 13.5. The van der Waals surface area contributed by atoms with E-state index in [9.17, 15) is 12.8 Å². The molecule has 1 aliphatic heterocycles. The van der Waals surface area contributed by atoms with Gasteiger partial charge in [0.2, 0.25) is 10.0 Å². The molecule has 0 bridgehead atoms. The van der Waals surface area contributed by atoms with Gasteiger partial charge in [0.1, 0.15) is 5.82 Å². The van der Waals surface area contributed by atoms with Crippen LogP contribution in [0.2, 0.25) is 0 Å². The van der Waals surface area contributed by atoms with Crippen LogP contribution in [0.25, 0.3) is 10.9 Å². The Bertz CT molecular complexity index is 1100. The third-order valence-electron chi connectivity index (χ3n) is 5.54. The van der Waals surface area contributed by atoms with Crippen LogP contribution in [0.15, 0.2) is 47.4 Å². The fraction of sp³-hybridized carbons (Fsp3) is 0.333. The van der Waals surface area contributed by atoms with Gasteiger partial charge in [-0.1, -0.05) is 6.07 Å². The summed E-state index contributed by atoms with van der Waals surface area (Å²) >= 11 is 0. The van der Waals surface area contributed by atoms with Gasteiger partial charge in [-0.05, 0) is 74.2 Å². The smallest absolute Gasteiger partial charge is 0.243 e. The van der Waals surface area contributed by atoms with Crippen LogP contribution in [0.4, 0.5) is 4.39 Å². The van der Waals surface area contributed by atoms with Crippen LogP contribution in [-0.4, -0.2) is 30.8 Å². The summed E-state index contributed by atoms with van der Waals surface area (Å²) in [6, 6.07) is 11.9. The molecule has 0 spiro atoms. The number of hydrogen-bond acceptors (Lipinski definition) is 2. The Kier molecular flexibility index (Phi) is 4.56. The van der Waals surface area contributed by atoms with Gasteiger partial charge in [0.15, 0.2) is 0 Å². The number of aromatic nitrogens is 1. The van der Waals surface area contributed by atoms with Crippen LogP contribution >= 0.6 is 0 Å². The lowest BCUT2D eigenvalue weighted by Gasteiger charge is -2.31. The Morgan fingerprint density at radius 3 is 2.67 bits per heavy atom. The standard InChI is InChI=1S/C21H23FN2O2S/c1-14-5-7-19(10-15(14)2)27(25,26)24-9-3-4-16(13-24)21-12-17-11-18(22)6-8-20(17)23-21/h5-8,10-12,16,23H,3-4,9,13H2,1-2H3. The summed E-state index contributed by atoms with van der Waals surface area (Å²) in [4.78, 5) is 3.68. The first-order valence-corrected chi connectivity index (χ1v) is 10.6. The normalized spacial score (nSPS) is 18.9. The van der Waals surface area contributed by atoms with Crippen molar-refractivity contribution >= 4 is 20.9 Å². The largest absolute Gasteiger partial charge is 0.358 e. The second-order valence-corrected chi connectivity index (χ2v) is 9.34. The Balaban J connectivity index is 1.62. The molecule has 3 aromatic rings. The van der Waals surface area contributed by atoms with Crippen LogP contribution in [0.1, 0.15) is 35.6 Å². The molecule has 1 atom stereocenters. The van der Waals surface area contributed by atoms with Crippen molar-refractivity contribution in [2.75, 3.05) is 13.1 Å². The fourth-order valence-corrected chi connectivity index (χ4v) is 5.39. The summed E-state index contributed by atoms with van der Waals surface area (Å²) in [7, 11) is -3.52. The molecule has 0 saturated carbocycles. The molecule has 0 radical (unpaired) electrons. The number of rotatable bonds is 3. The third kappa shape index (κ3) is 3.39. The average molecular weight is 386 g/mol. The van der Waals surface area contributed by atoms with Gasteiger partial charge in [-0.3, -0.25) is 0 Å². The second-order valence-electron chi connectivity index (χ2n) is 7.40. The van der Waals surface area contributed by atoms with Gasteiger partial charge in [-0.25, -0.2) is 12.8 Å². The molecule has 2 aromatic carbocycles. The average Bonchev–Trinajstić information content (AvgIpc) is 3.07. The molecule has 142 valence electrons. The lowest BCUT2D eigenvalue weighted by atomic mass is 9.96. The molecule has 27 heavy (non-hydrogen) atoms. The molecular formula is C21H23FN2O2S. The number of aromatic amines is 1. The number of sulfonamides is 1. The molecule has 1 saturated heterocycles. The minimum atomic E-state index is -3.52. The molecule has 1 aromatic heterocycles. The lowest BCUT2D eigenvalue weighted by Crippen LogP contribution is -2.39. The molecule has 4 nitrogen and oxygen atoms in total. The first-order valence-electron chi connectivity index (χ1n) is 9.20. The SMILES string of the molecule is Cc1ccc(S(=O)(=O)N2CCCC(c3cc4cc(F)ccc4[nH]3)C2)cc1C. The summed E-state index contributed by atoms with van der Waals surface area (Å²) in [6.07, 6.45) is 1.71. The number of piperidine rings is 1. The van der Waals surface area contributed by atoms with Gasteiger partial charge in [-0.15, -0.1) is 0 Å². The number of nitrogens with one attached hydrogen (secondary N) is 1. The van der Waals surface area contributed by atoms with E-state index in [1.165, 1.54) is 12.1 Å². The van der Waals surface area contributed by atoms with Crippen molar-refractivity contribution in [1.82, 2.24) is 9.29 Å². The maximum Gasteiger partial charge on any atom is 0.243 e. The number of halogens is 1. The van der Waals surface area contributed by atoms with Crippen LogP contribution in [-0.2, 0) is 10.0 Å². The molecule has 0 amide bonds. The zero-order valence-corrected chi connectivity index (χ0v) is 16.3. The van der Waals surface area contributed by atoms with E-state index in [0.29, 0.717) is 18.0 Å². The third-order valence-corrected chi connectivity index (χ3v) is 7.40. The molecule has 1 fully saturated rings. The Labute approximate surface area is 159 Å². The molecule has 1 N–H and O–H groups in total. The van der Waals surface area contributed by atoms with E-state index in [0.717, 1.165) is 40.6 Å². The van der Waals surface area contributed by atoms with E-state index in [1.807, 2.05) is 26.0 Å². The lowest BCUT2D eigenvalue weighted by molar-refractivity contribution is 0.313. The highest BCUT2D eigenvalue weighted by atomic mass is 32.2. The van der Waals surface area contributed by atoms with E-state index in [-0.39, 0.29) is 11.7 Å². The summed E-state index contributed by atoms with van der Waals surface area (Å²) in [5.74, 6) is -0.189. The molecule has 1 aliphatic rings. The number of aryl methyl sites for hydroxylation is 2. The van der Waals surface area contributed by atoms with Crippen LogP contribution in [0.3, 0.4) is 0 Å². The topological polar surface area (TPSA) is 53.2 Å². The monoisotopic (exact) mass is 386 g/mol. The minimum Gasteiger partial charge on any atom is -0.358 e. The Hall–Kier alpha value is -2.18. The first kappa shape index (κ1) is 18.2. The van der Waals surface area contributed by atoms with Gasteiger partial charge in [0.05, 0.1) is 4.90 Å². The number of benzene rings is 2. The van der Waals surface area contributed by atoms with Crippen molar-refractivity contribution in [3.63, 3.8) is 0 Å². The second kappa shape index (κ2) is 6.77. The van der Waals surface area contributed by atoms with Crippen LogP contribution in [0, 0.1) is 19.7 Å². The Morgan fingerprint density at radius 1 is 1.07 bits per heavy atom. The van der Waals surface area contributed by atoms with Crippen molar-refractivity contribution in [3.8, 4) is 0 Å². The van der Waals surface area contributed by atoms with Crippen molar-refractivity contribution in [2.45, 2.75) is 37.5 Å². The van der Waals surface area contributed by atoms with Gasteiger partial charge in [0.25, 0.3) is 0 Å². The van der Waals surface area contributed by atoms with E-state index < -0.39 is 10.0 Å². The number of fused-ring (bicyclic) bond motifs is 1. The van der Waals surface area contributed by atoms with Crippen molar-refractivity contribution in [3.05, 3.63) is 65.1 Å². The molecular weight excluding hydrogens is 363 g/mol. The molecule has 4 rings (SSSR count). The maximum absolute atomic E-state index is 13.5. The van der Waals surface area contributed by atoms with E-state index in [2.05, 4.69) is 4.98 Å². The number of nitrogens with zero attached hydrogens (tertiary/aromatic N) is 1. The number of H-pyrrole nitrogens is 1. The van der Waals surface area contributed by atoms with Gasteiger partial charge in [-0.2, -0.15) is 4.31 Å². The van der Waals surface area contributed by atoms with Crippen LogP contribution in [0.5, 0.6) is 0 Å². The highest BCUT2D eigenvalue weighted by Gasteiger charge is 2.31. The van der Waals surface area contributed by atoms with Crippen molar-refractivity contribution in [1.29, 1.82) is 0 Å². The number of hydrogen-bond donors (Lipinski definition) is 1. The molecule has 2 heterocycles. The van der Waals surface area contributed by atoms with E-state index >= 15 is 0 Å². The summed E-state index contributed by atoms with van der Waals surface area (Å²) in [5, 5.41) is 0.819. The molecule has 0 aliphatic carbocycles. The van der Waals surface area contributed by atoms with E-state index in [1.54, 1.807) is 22.5 Å². The van der Waals surface area contributed by atoms with Gasteiger partial charge < -0.3 is 4.98 Å². The zero-order chi connectivity index (χ0) is 19.2.